The Morgan fingerprint density at radius 1 is 0.968 bits per heavy atom. The van der Waals surface area contributed by atoms with Crippen molar-refractivity contribution in [1.82, 2.24) is 0 Å². The molecule has 0 N–H and O–H groups in total. The number of non-ortho nitro benzene ring substituents is 1. The average Bonchev–Trinajstić information content (AvgIpc) is 3.49. The number of carbonyl (C=O) groups is 2. The molecule has 6 rings (SSSR count). The van der Waals surface area contributed by atoms with Crippen LogP contribution in [0.5, 0.6) is 0 Å². The van der Waals surface area contributed by atoms with E-state index in [1.54, 1.807) is 24.3 Å². The standard InChI is InChI=1S/C22H17N3O6/c1-10-5-7-12(8-6-10)24-21(26)14-15(22(24)27)19-20-16(18(14)30-19)17(23-31-20)11-3-2-4-13(9-11)25(28)29/h2-9,14-16,18-20H,1H3/t14-,15+,16+,18-,19-,20+/m1/s1. The Hall–Kier alpha value is -3.59. The van der Waals surface area contributed by atoms with Crippen molar-refractivity contribution in [2.75, 3.05) is 4.90 Å². The Balaban J connectivity index is 1.34. The number of fused-ring (bicyclic) bond motifs is 8. The number of nitrogens with zero attached hydrogens (tertiary/aromatic N) is 3. The highest BCUT2D eigenvalue weighted by atomic mass is 16.7. The number of hydrogen-bond donors (Lipinski definition) is 0. The fraction of sp³-hybridized carbons (Fsp3) is 0.318. The molecule has 3 fully saturated rings. The number of ether oxygens (including phenoxy) is 1. The van der Waals surface area contributed by atoms with Gasteiger partial charge in [0.15, 0.2) is 6.10 Å². The third kappa shape index (κ3) is 2.37. The first kappa shape index (κ1) is 18.2. The Kier molecular flexibility index (Phi) is 3.64. The molecule has 0 radical (unpaired) electrons. The van der Waals surface area contributed by atoms with Crippen LogP contribution in [0.3, 0.4) is 0 Å². The van der Waals surface area contributed by atoms with Gasteiger partial charge in [-0.15, -0.1) is 0 Å². The average molecular weight is 419 g/mol. The van der Waals surface area contributed by atoms with Gasteiger partial charge < -0.3 is 9.57 Å². The van der Waals surface area contributed by atoms with E-state index < -0.39 is 35.1 Å². The van der Waals surface area contributed by atoms with Gasteiger partial charge in [-0.05, 0) is 19.1 Å². The number of carbonyl (C=O) groups excluding carboxylic acids is 2. The van der Waals surface area contributed by atoms with Gasteiger partial charge in [-0.1, -0.05) is 35.0 Å². The second kappa shape index (κ2) is 6.21. The lowest BCUT2D eigenvalue weighted by Crippen LogP contribution is -2.45. The summed E-state index contributed by atoms with van der Waals surface area (Å²) in [5.74, 6) is -2.15. The van der Waals surface area contributed by atoms with Crippen LogP contribution in [0.1, 0.15) is 11.1 Å². The third-order valence-electron chi connectivity index (χ3n) is 6.69. The van der Waals surface area contributed by atoms with E-state index in [-0.39, 0.29) is 23.4 Å². The molecule has 0 aliphatic carbocycles. The Bertz CT molecular complexity index is 1180. The normalized spacial score (nSPS) is 32.7. The van der Waals surface area contributed by atoms with Crippen molar-refractivity contribution in [2.45, 2.75) is 25.2 Å². The van der Waals surface area contributed by atoms with Crippen LogP contribution in [0, 0.1) is 34.8 Å². The fourth-order valence-electron chi connectivity index (χ4n) is 5.32. The van der Waals surface area contributed by atoms with Crippen molar-refractivity contribution >= 4 is 28.9 Å². The van der Waals surface area contributed by atoms with Crippen molar-refractivity contribution in [3.63, 3.8) is 0 Å². The third-order valence-corrected chi connectivity index (χ3v) is 6.69. The second-order valence-corrected chi connectivity index (χ2v) is 8.34. The summed E-state index contributed by atoms with van der Waals surface area (Å²) < 4.78 is 6.07. The summed E-state index contributed by atoms with van der Waals surface area (Å²) in [6, 6.07) is 13.4. The summed E-state index contributed by atoms with van der Waals surface area (Å²) in [4.78, 5) is 44.1. The lowest BCUT2D eigenvalue weighted by molar-refractivity contribution is -0.384. The molecule has 31 heavy (non-hydrogen) atoms. The van der Waals surface area contributed by atoms with Gasteiger partial charge in [0.2, 0.25) is 11.8 Å². The number of rotatable bonds is 3. The number of hydrogen-bond acceptors (Lipinski definition) is 7. The first-order chi connectivity index (χ1) is 15.0. The lowest BCUT2D eigenvalue weighted by atomic mass is 9.71. The van der Waals surface area contributed by atoms with Gasteiger partial charge in [0, 0.05) is 17.7 Å². The number of oxime groups is 1. The van der Waals surface area contributed by atoms with Crippen LogP contribution in [0.2, 0.25) is 0 Å². The number of nitro benzene ring substituents is 1. The zero-order chi connectivity index (χ0) is 21.4. The number of anilines is 1. The van der Waals surface area contributed by atoms with Crippen LogP contribution in [-0.4, -0.2) is 40.8 Å². The number of amides is 2. The van der Waals surface area contributed by atoms with Crippen molar-refractivity contribution < 1.29 is 24.1 Å². The molecule has 3 saturated heterocycles. The van der Waals surface area contributed by atoms with E-state index in [0.29, 0.717) is 17.0 Å². The summed E-state index contributed by atoms with van der Waals surface area (Å²) in [6.45, 7) is 1.94. The van der Waals surface area contributed by atoms with E-state index >= 15 is 0 Å². The highest BCUT2D eigenvalue weighted by molar-refractivity contribution is 6.23. The zero-order valence-electron chi connectivity index (χ0n) is 16.4. The zero-order valence-corrected chi connectivity index (χ0v) is 16.4. The topological polar surface area (TPSA) is 111 Å². The van der Waals surface area contributed by atoms with Gasteiger partial charge in [-0.3, -0.25) is 19.7 Å². The van der Waals surface area contributed by atoms with Gasteiger partial charge in [-0.2, -0.15) is 0 Å². The van der Waals surface area contributed by atoms with Gasteiger partial charge in [0.05, 0.1) is 40.2 Å². The van der Waals surface area contributed by atoms with E-state index in [4.69, 9.17) is 9.57 Å². The summed E-state index contributed by atoms with van der Waals surface area (Å²) in [7, 11) is 0. The number of nitro groups is 1. The molecule has 156 valence electrons. The molecular weight excluding hydrogens is 402 g/mol. The maximum atomic E-state index is 13.3. The van der Waals surface area contributed by atoms with E-state index in [2.05, 4.69) is 5.16 Å². The van der Waals surface area contributed by atoms with Crippen molar-refractivity contribution in [1.29, 1.82) is 0 Å². The first-order valence-corrected chi connectivity index (χ1v) is 10.0. The molecule has 0 saturated carbocycles. The number of benzene rings is 2. The molecule has 2 aromatic carbocycles. The maximum absolute atomic E-state index is 13.3. The molecule has 9 heteroatoms. The molecule has 0 aromatic heterocycles. The van der Waals surface area contributed by atoms with Gasteiger partial charge >= 0.3 is 0 Å². The monoisotopic (exact) mass is 419 g/mol. The number of imide groups is 1. The fourth-order valence-corrected chi connectivity index (χ4v) is 5.32. The predicted octanol–water partition coefficient (Wildman–Crippen LogP) is 2.21. The van der Waals surface area contributed by atoms with E-state index in [9.17, 15) is 19.7 Å². The Morgan fingerprint density at radius 2 is 1.68 bits per heavy atom. The minimum absolute atomic E-state index is 0.0525. The van der Waals surface area contributed by atoms with E-state index in [1.165, 1.54) is 17.0 Å². The number of aryl methyl sites for hydroxylation is 1. The summed E-state index contributed by atoms with van der Waals surface area (Å²) >= 11 is 0. The quantitative estimate of drug-likeness (QED) is 0.428. The Labute approximate surface area is 176 Å². The molecular formula is C22H17N3O6. The van der Waals surface area contributed by atoms with E-state index in [1.807, 2.05) is 19.1 Å². The van der Waals surface area contributed by atoms with Gasteiger partial charge in [0.1, 0.15) is 6.10 Å². The molecule has 9 nitrogen and oxygen atoms in total. The highest BCUT2D eigenvalue weighted by Gasteiger charge is 2.72. The van der Waals surface area contributed by atoms with E-state index in [0.717, 1.165) is 5.56 Å². The molecule has 4 aliphatic heterocycles. The van der Waals surface area contributed by atoms with Crippen LogP contribution >= 0.6 is 0 Å². The molecule has 4 heterocycles. The second-order valence-electron chi connectivity index (χ2n) is 8.34. The van der Waals surface area contributed by atoms with Gasteiger partial charge in [-0.25, -0.2) is 4.90 Å². The molecule has 2 aromatic rings. The van der Waals surface area contributed by atoms with Crippen LogP contribution in [0.4, 0.5) is 11.4 Å². The predicted molar refractivity (Wildman–Crippen MR) is 107 cm³/mol. The summed E-state index contributed by atoms with van der Waals surface area (Å²) in [5.41, 5.74) is 2.61. The van der Waals surface area contributed by atoms with Crippen LogP contribution < -0.4 is 4.90 Å². The van der Waals surface area contributed by atoms with Crippen molar-refractivity contribution in [3.8, 4) is 0 Å². The van der Waals surface area contributed by atoms with Gasteiger partial charge in [0.25, 0.3) is 5.69 Å². The lowest BCUT2D eigenvalue weighted by Gasteiger charge is -2.26. The van der Waals surface area contributed by atoms with Crippen LogP contribution in [-0.2, 0) is 19.2 Å². The minimum Gasteiger partial charge on any atom is -0.389 e. The summed E-state index contributed by atoms with van der Waals surface area (Å²) in [6.07, 6.45) is -1.63. The van der Waals surface area contributed by atoms with Crippen molar-refractivity contribution in [2.24, 2.45) is 22.9 Å². The largest absolute Gasteiger partial charge is 0.389 e. The Morgan fingerprint density at radius 3 is 2.39 bits per heavy atom. The molecule has 2 bridgehead atoms. The molecule has 0 spiro atoms. The molecule has 0 unspecified atom stereocenters. The smallest absolute Gasteiger partial charge is 0.270 e. The molecule has 4 aliphatic rings. The maximum Gasteiger partial charge on any atom is 0.270 e. The SMILES string of the molecule is Cc1ccc(N2C(=O)[C@@H]3[C@H]4O[C@@H]([C@@H]5C(c6cccc([N+](=O)[O-])c6)=NO[C@H]45)[C@@H]3C2=O)cc1. The summed E-state index contributed by atoms with van der Waals surface area (Å²) in [5, 5.41) is 15.3. The van der Waals surface area contributed by atoms with Crippen LogP contribution in [0.15, 0.2) is 53.7 Å². The minimum atomic E-state index is -0.620. The highest BCUT2D eigenvalue weighted by Crippen LogP contribution is 2.55. The molecule has 2 amide bonds. The molecule has 6 atom stereocenters. The first-order valence-electron chi connectivity index (χ1n) is 10.0. The van der Waals surface area contributed by atoms with Crippen LogP contribution in [0.25, 0.3) is 0 Å². The van der Waals surface area contributed by atoms with Crippen molar-refractivity contribution in [3.05, 3.63) is 69.8 Å².